The summed E-state index contributed by atoms with van der Waals surface area (Å²) in [7, 11) is 0. The predicted molar refractivity (Wildman–Crippen MR) is 87.1 cm³/mol. The van der Waals surface area contributed by atoms with Gasteiger partial charge in [0.05, 0.1) is 0 Å². The summed E-state index contributed by atoms with van der Waals surface area (Å²) in [6.45, 7) is 2.92. The van der Waals surface area contributed by atoms with Gasteiger partial charge in [-0.2, -0.15) is 11.8 Å². The van der Waals surface area contributed by atoms with Gasteiger partial charge in [0, 0.05) is 17.8 Å². The third-order valence-electron chi connectivity index (χ3n) is 3.46. The molecular weight excluding hydrogens is 324 g/mol. The van der Waals surface area contributed by atoms with E-state index in [1.54, 1.807) is 6.33 Å². The molecule has 106 valence electrons. The Balaban J connectivity index is 2.11. The van der Waals surface area contributed by atoms with Crippen LogP contribution in [0.3, 0.4) is 0 Å². The summed E-state index contributed by atoms with van der Waals surface area (Å²) in [4.78, 5) is 8.61. The van der Waals surface area contributed by atoms with E-state index in [0.717, 1.165) is 22.7 Å². The van der Waals surface area contributed by atoms with Crippen LogP contribution in [0.4, 0.5) is 11.6 Å². The normalized spacial score (nSPS) is 23.1. The maximum absolute atomic E-state index is 4.37. The molecule has 0 bridgehead atoms. The topological polar surface area (TPSA) is 49.8 Å². The van der Waals surface area contributed by atoms with Gasteiger partial charge in [-0.3, -0.25) is 0 Å². The van der Waals surface area contributed by atoms with Gasteiger partial charge in [0.1, 0.15) is 22.4 Å². The van der Waals surface area contributed by atoms with E-state index in [2.05, 4.69) is 49.7 Å². The molecule has 1 heterocycles. The molecule has 0 amide bonds. The molecule has 1 fully saturated rings. The fraction of sp³-hybridized carbons (Fsp3) is 0.692. The lowest BCUT2D eigenvalue weighted by Gasteiger charge is -2.31. The molecule has 4 nitrogen and oxygen atoms in total. The Labute approximate surface area is 127 Å². The lowest BCUT2D eigenvalue weighted by molar-refractivity contribution is 0.474. The molecule has 6 heteroatoms. The number of thioether (sulfide) groups is 1. The minimum absolute atomic E-state index is 0.504. The van der Waals surface area contributed by atoms with Gasteiger partial charge in [-0.1, -0.05) is 12.8 Å². The maximum atomic E-state index is 4.37. The van der Waals surface area contributed by atoms with Crippen LogP contribution < -0.4 is 10.6 Å². The van der Waals surface area contributed by atoms with Crippen LogP contribution in [0.15, 0.2) is 10.8 Å². The lowest BCUT2D eigenvalue weighted by atomic mass is 9.95. The third-order valence-corrected chi connectivity index (χ3v) is 5.38. The van der Waals surface area contributed by atoms with Crippen molar-refractivity contribution in [1.29, 1.82) is 0 Å². The third kappa shape index (κ3) is 3.75. The summed E-state index contributed by atoms with van der Waals surface area (Å²) in [5.74, 6) is 1.76. The largest absolute Gasteiger partial charge is 0.369 e. The Morgan fingerprint density at radius 2 is 2.05 bits per heavy atom. The van der Waals surface area contributed by atoms with Gasteiger partial charge < -0.3 is 10.6 Å². The first-order valence-corrected chi connectivity index (χ1v) is 8.88. The quantitative estimate of drug-likeness (QED) is 0.851. The fourth-order valence-electron chi connectivity index (χ4n) is 2.48. The molecule has 2 N–H and O–H groups in total. The Morgan fingerprint density at radius 1 is 1.32 bits per heavy atom. The molecule has 1 saturated carbocycles. The van der Waals surface area contributed by atoms with Crippen LogP contribution in [0.2, 0.25) is 0 Å². The second-order valence-corrected chi connectivity index (χ2v) is 6.59. The van der Waals surface area contributed by atoms with Crippen LogP contribution in [-0.2, 0) is 0 Å². The molecule has 1 aliphatic carbocycles. The van der Waals surface area contributed by atoms with Gasteiger partial charge in [-0.15, -0.1) is 0 Å². The van der Waals surface area contributed by atoms with Crippen LogP contribution in [0.25, 0.3) is 0 Å². The SMILES string of the molecule is CCNc1ncnc(NC2CCCCC2SC)c1Br. The monoisotopic (exact) mass is 344 g/mol. The summed E-state index contributed by atoms with van der Waals surface area (Å²) in [6, 6.07) is 0.504. The number of halogens is 1. The summed E-state index contributed by atoms with van der Waals surface area (Å²) in [5, 5.41) is 7.50. The standard InChI is InChI=1S/C13H21BrN4S/c1-3-15-12-11(14)13(17-8-16-12)18-9-6-4-5-7-10(9)19-2/h8-10H,3-7H2,1-2H3,(H2,15,16,17,18). The van der Waals surface area contributed by atoms with E-state index >= 15 is 0 Å². The van der Waals surface area contributed by atoms with Crippen molar-refractivity contribution in [2.24, 2.45) is 0 Å². The number of nitrogens with zero attached hydrogens (tertiary/aromatic N) is 2. The van der Waals surface area contributed by atoms with Crippen molar-refractivity contribution < 1.29 is 0 Å². The second kappa shape index (κ2) is 7.33. The highest BCUT2D eigenvalue weighted by atomic mass is 79.9. The Hall–Kier alpha value is -0.490. The van der Waals surface area contributed by atoms with Crippen LogP contribution in [0.5, 0.6) is 0 Å². The summed E-state index contributed by atoms with van der Waals surface area (Å²) < 4.78 is 0.933. The lowest BCUT2D eigenvalue weighted by Crippen LogP contribution is -2.34. The van der Waals surface area contributed by atoms with Crippen molar-refractivity contribution in [1.82, 2.24) is 9.97 Å². The molecule has 2 rings (SSSR count). The smallest absolute Gasteiger partial charge is 0.146 e. The highest BCUT2D eigenvalue weighted by Crippen LogP contribution is 2.32. The molecule has 2 unspecified atom stereocenters. The highest BCUT2D eigenvalue weighted by Gasteiger charge is 2.25. The van der Waals surface area contributed by atoms with E-state index < -0.39 is 0 Å². The number of rotatable bonds is 5. The molecular formula is C13H21BrN4S. The number of anilines is 2. The van der Waals surface area contributed by atoms with E-state index in [0.29, 0.717) is 11.3 Å². The predicted octanol–water partition coefficient (Wildman–Crippen LogP) is 3.76. The zero-order valence-electron chi connectivity index (χ0n) is 11.4. The molecule has 0 saturated heterocycles. The van der Waals surface area contributed by atoms with E-state index in [1.165, 1.54) is 25.7 Å². The first-order valence-electron chi connectivity index (χ1n) is 6.80. The molecule has 1 aliphatic rings. The second-order valence-electron chi connectivity index (χ2n) is 4.72. The average molecular weight is 345 g/mol. The first-order chi connectivity index (χ1) is 9.26. The van der Waals surface area contributed by atoms with Gasteiger partial charge in [0.2, 0.25) is 0 Å². The molecule has 2 atom stereocenters. The minimum atomic E-state index is 0.504. The fourth-order valence-corrected chi connectivity index (χ4v) is 3.88. The number of hydrogen-bond donors (Lipinski definition) is 2. The van der Waals surface area contributed by atoms with Crippen molar-refractivity contribution in [3.8, 4) is 0 Å². The summed E-state index contributed by atoms with van der Waals surface area (Å²) in [5.41, 5.74) is 0. The van der Waals surface area contributed by atoms with Crippen molar-refractivity contribution in [3.05, 3.63) is 10.8 Å². The molecule has 0 aliphatic heterocycles. The van der Waals surface area contributed by atoms with E-state index in [9.17, 15) is 0 Å². The van der Waals surface area contributed by atoms with Gasteiger partial charge in [0.15, 0.2) is 0 Å². The van der Waals surface area contributed by atoms with Crippen LogP contribution >= 0.6 is 27.7 Å². The molecule has 0 radical (unpaired) electrons. The van der Waals surface area contributed by atoms with Crippen molar-refractivity contribution in [3.63, 3.8) is 0 Å². The molecule has 1 aromatic rings. The number of nitrogens with one attached hydrogen (secondary N) is 2. The van der Waals surface area contributed by atoms with Gasteiger partial charge in [-0.05, 0) is 42.0 Å². The van der Waals surface area contributed by atoms with Crippen LogP contribution in [-0.4, -0.2) is 34.1 Å². The van der Waals surface area contributed by atoms with E-state index in [-0.39, 0.29) is 0 Å². The van der Waals surface area contributed by atoms with Crippen molar-refractivity contribution >= 4 is 39.3 Å². The van der Waals surface area contributed by atoms with E-state index in [1.807, 2.05) is 11.8 Å². The van der Waals surface area contributed by atoms with Gasteiger partial charge in [-0.25, -0.2) is 9.97 Å². The first kappa shape index (κ1) is 14.9. The zero-order chi connectivity index (χ0) is 13.7. The van der Waals surface area contributed by atoms with E-state index in [4.69, 9.17) is 0 Å². The van der Waals surface area contributed by atoms with Crippen molar-refractivity contribution in [2.45, 2.75) is 43.9 Å². The zero-order valence-corrected chi connectivity index (χ0v) is 13.9. The Bertz CT molecular complexity index is 416. The number of hydrogen-bond acceptors (Lipinski definition) is 5. The van der Waals surface area contributed by atoms with Crippen molar-refractivity contribution in [2.75, 3.05) is 23.4 Å². The highest BCUT2D eigenvalue weighted by molar-refractivity contribution is 9.10. The molecule has 0 spiro atoms. The minimum Gasteiger partial charge on any atom is -0.369 e. The number of aromatic nitrogens is 2. The van der Waals surface area contributed by atoms with Gasteiger partial charge in [0.25, 0.3) is 0 Å². The average Bonchev–Trinajstić information content (AvgIpc) is 2.44. The van der Waals surface area contributed by atoms with Gasteiger partial charge >= 0.3 is 0 Å². The van der Waals surface area contributed by atoms with Crippen LogP contribution in [0, 0.1) is 0 Å². The Morgan fingerprint density at radius 3 is 2.79 bits per heavy atom. The summed E-state index contributed by atoms with van der Waals surface area (Å²) in [6.07, 6.45) is 8.97. The molecule has 0 aromatic carbocycles. The Kier molecular flexibility index (Phi) is 5.76. The summed E-state index contributed by atoms with van der Waals surface area (Å²) >= 11 is 5.55. The molecule has 19 heavy (non-hydrogen) atoms. The van der Waals surface area contributed by atoms with Crippen LogP contribution in [0.1, 0.15) is 32.6 Å². The molecule has 1 aromatic heterocycles. The maximum Gasteiger partial charge on any atom is 0.146 e.